The Balaban J connectivity index is 2.03. The van der Waals surface area contributed by atoms with Gasteiger partial charge < -0.3 is 21.3 Å². The first-order chi connectivity index (χ1) is 9.62. The van der Waals surface area contributed by atoms with Crippen LogP contribution in [0.1, 0.15) is 33.1 Å². The maximum absolute atomic E-state index is 12.0. The van der Waals surface area contributed by atoms with E-state index in [-0.39, 0.29) is 11.3 Å². The molecule has 0 saturated heterocycles. The third kappa shape index (κ3) is 1.50. The second kappa shape index (κ2) is 3.76. The van der Waals surface area contributed by atoms with Gasteiger partial charge in [-0.3, -0.25) is 9.59 Å². The van der Waals surface area contributed by atoms with Gasteiger partial charge in [-0.15, -0.1) is 0 Å². The summed E-state index contributed by atoms with van der Waals surface area (Å²) in [6.07, 6.45) is 1.97. The van der Waals surface area contributed by atoms with Gasteiger partial charge in [-0.1, -0.05) is 6.92 Å². The van der Waals surface area contributed by atoms with Gasteiger partial charge in [0.2, 0.25) is 5.91 Å². The first-order valence-corrected chi connectivity index (χ1v) is 7.16. The number of nitrogens with two attached hydrogens (primary N) is 1. The first kappa shape index (κ1) is 14.3. The Kier molecular flexibility index (Phi) is 2.57. The van der Waals surface area contributed by atoms with E-state index in [1.165, 1.54) is 6.92 Å². The lowest BCUT2D eigenvalue weighted by atomic mass is 9.78. The number of hydrogen-bond donors (Lipinski definition) is 4. The second-order valence-electron chi connectivity index (χ2n) is 7.10. The van der Waals surface area contributed by atoms with Gasteiger partial charge in [-0.05, 0) is 37.5 Å². The molecule has 1 unspecified atom stereocenters. The summed E-state index contributed by atoms with van der Waals surface area (Å²) >= 11 is 0. The number of carboxylic acids is 2. The smallest absolute Gasteiger partial charge is 0.330 e. The van der Waals surface area contributed by atoms with E-state index < -0.39 is 40.8 Å². The van der Waals surface area contributed by atoms with Gasteiger partial charge in [0.15, 0.2) is 0 Å². The number of hydrogen-bond acceptors (Lipinski definition) is 4. The van der Waals surface area contributed by atoms with E-state index in [9.17, 15) is 24.6 Å². The molecule has 21 heavy (non-hydrogen) atoms. The molecule has 0 radical (unpaired) electrons. The molecule has 5 N–H and O–H groups in total. The van der Waals surface area contributed by atoms with Gasteiger partial charge in [-0.2, -0.15) is 0 Å². The lowest BCUT2D eigenvalue weighted by molar-refractivity contribution is -0.153. The molecule has 5 atom stereocenters. The van der Waals surface area contributed by atoms with Crippen LogP contribution in [0.2, 0.25) is 0 Å². The second-order valence-corrected chi connectivity index (χ2v) is 7.10. The van der Waals surface area contributed by atoms with Gasteiger partial charge >= 0.3 is 11.9 Å². The third-order valence-corrected chi connectivity index (χ3v) is 5.99. The molecule has 3 fully saturated rings. The van der Waals surface area contributed by atoms with E-state index in [0.717, 1.165) is 12.8 Å². The van der Waals surface area contributed by atoms with Crippen molar-refractivity contribution in [2.24, 2.45) is 28.4 Å². The molecule has 1 amide bonds. The fourth-order valence-corrected chi connectivity index (χ4v) is 4.77. The predicted octanol–water partition coefficient (Wildman–Crippen LogP) is -0.206. The fraction of sp³-hybridized carbons (Fsp3) is 0.786. The summed E-state index contributed by atoms with van der Waals surface area (Å²) in [6, 6.07) is -0.832. The van der Waals surface area contributed by atoms with Gasteiger partial charge in [-0.25, -0.2) is 4.79 Å². The number of amides is 1. The third-order valence-electron chi connectivity index (χ3n) is 5.99. The van der Waals surface area contributed by atoms with Crippen molar-refractivity contribution in [3.63, 3.8) is 0 Å². The maximum atomic E-state index is 12.0. The van der Waals surface area contributed by atoms with Crippen molar-refractivity contribution in [3.05, 3.63) is 0 Å². The predicted molar refractivity (Wildman–Crippen MR) is 71.2 cm³/mol. The van der Waals surface area contributed by atoms with Gasteiger partial charge in [0.1, 0.15) is 5.54 Å². The van der Waals surface area contributed by atoms with Crippen LogP contribution in [-0.4, -0.2) is 39.6 Å². The van der Waals surface area contributed by atoms with Crippen molar-refractivity contribution < 1.29 is 24.6 Å². The van der Waals surface area contributed by atoms with Crippen molar-refractivity contribution in [2.75, 3.05) is 0 Å². The molecular weight excluding hydrogens is 276 g/mol. The Morgan fingerprint density at radius 2 is 1.86 bits per heavy atom. The fourth-order valence-electron chi connectivity index (χ4n) is 4.77. The number of aliphatic carboxylic acids is 2. The average Bonchev–Trinajstić information content (AvgIpc) is 3.22. The quantitative estimate of drug-likeness (QED) is 0.568. The standard InChI is InChI=1S/C14H20N2O5/c1-6(15)9(17)16-14(11(20)21)5-13(3-4-13)8-7(10(18)19)12(8,14)2/h6-8H,3-5,15H2,1-2H3,(H,16,17)(H,18,19)(H,20,21)/t6-,7+,8-,12?,14+/m0/s1. The molecule has 7 heteroatoms. The van der Waals surface area contributed by atoms with E-state index in [0.29, 0.717) is 6.42 Å². The van der Waals surface area contributed by atoms with E-state index in [2.05, 4.69) is 5.32 Å². The molecule has 3 aliphatic rings. The van der Waals surface area contributed by atoms with Crippen LogP contribution in [0, 0.1) is 22.7 Å². The van der Waals surface area contributed by atoms with E-state index in [1.807, 2.05) is 0 Å². The Morgan fingerprint density at radius 1 is 1.29 bits per heavy atom. The van der Waals surface area contributed by atoms with Crippen LogP contribution in [0.15, 0.2) is 0 Å². The number of rotatable bonds is 4. The highest BCUT2D eigenvalue weighted by atomic mass is 16.4. The highest BCUT2D eigenvalue weighted by Crippen LogP contribution is 2.84. The van der Waals surface area contributed by atoms with E-state index >= 15 is 0 Å². The topological polar surface area (TPSA) is 130 Å². The normalized spacial score (nSPS) is 43.0. The SMILES string of the molecule is C[C@H](N)C(=O)N[C@@]1(C(=O)O)CC2(CC2)[C@H]2[C@H](C(=O)O)C21C. The van der Waals surface area contributed by atoms with Crippen LogP contribution in [0.25, 0.3) is 0 Å². The summed E-state index contributed by atoms with van der Waals surface area (Å²) in [5, 5.41) is 21.8. The zero-order valence-electron chi connectivity index (χ0n) is 12.0. The first-order valence-electron chi connectivity index (χ1n) is 7.16. The van der Waals surface area contributed by atoms with Crippen molar-refractivity contribution in [1.29, 1.82) is 0 Å². The minimum atomic E-state index is -1.53. The number of carboxylic acid groups (broad SMARTS) is 2. The lowest BCUT2D eigenvalue weighted by Gasteiger charge is -2.35. The van der Waals surface area contributed by atoms with E-state index in [4.69, 9.17) is 5.73 Å². The molecule has 0 heterocycles. The Morgan fingerprint density at radius 3 is 2.24 bits per heavy atom. The zero-order chi connectivity index (χ0) is 15.8. The minimum absolute atomic E-state index is 0.174. The number of carbonyl (C=O) groups is 3. The Bertz CT molecular complexity index is 556. The number of carbonyl (C=O) groups excluding carboxylic acids is 1. The summed E-state index contributed by atoms with van der Waals surface area (Å²) < 4.78 is 0. The van der Waals surface area contributed by atoms with Crippen molar-refractivity contribution in [1.82, 2.24) is 5.32 Å². The Labute approximate surface area is 121 Å². The summed E-state index contributed by atoms with van der Waals surface area (Å²) in [5.74, 6) is -3.57. The number of fused-ring (bicyclic) bond motifs is 2. The lowest BCUT2D eigenvalue weighted by Crippen LogP contribution is -2.62. The maximum Gasteiger partial charge on any atom is 0.330 e. The van der Waals surface area contributed by atoms with Crippen LogP contribution in [0.5, 0.6) is 0 Å². The molecule has 3 saturated carbocycles. The minimum Gasteiger partial charge on any atom is -0.481 e. The molecule has 0 aliphatic heterocycles. The number of nitrogens with one attached hydrogen (secondary N) is 1. The Hall–Kier alpha value is -1.63. The van der Waals surface area contributed by atoms with Crippen LogP contribution in [0.3, 0.4) is 0 Å². The monoisotopic (exact) mass is 296 g/mol. The van der Waals surface area contributed by atoms with Gasteiger partial charge in [0, 0.05) is 5.41 Å². The molecular formula is C14H20N2O5. The van der Waals surface area contributed by atoms with Crippen LogP contribution in [-0.2, 0) is 14.4 Å². The molecule has 0 aromatic carbocycles. The largest absolute Gasteiger partial charge is 0.481 e. The molecule has 0 aromatic rings. The molecule has 0 bridgehead atoms. The molecule has 1 spiro atoms. The highest BCUT2D eigenvalue weighted by molar-refractivity contribution is 5.93. The van der Waals surface area contributed by atoms with E-state index in [1.54, 1.807) is 6.92 Å². The summed E-state index contributed by atoms with van der Waals surface area (Å²) in [5.41, 5.74) is 2.83. The molecule has 3 rings (SSSR count). The average molecular weight is 296 g/mol. The zero-order valence-corrected chi connectivity index (χ0v) is 12.0. The van der Waals surface area contributed by atoms with Crippen LogP contribution >= 0.6 is 0 Å². The van der Waals surface area contributed by atoms with Gasteiger partial charge in [0.05, 0.1) is 12.0 Å². The van der Waals surface area contributed by atoms with Crippen LogP contribution in [0.4, 0.5) is 0 Å². The van der Waals surface area contributed by atoms with Crippen molar-refractivity contribution in [3.8, 4) is 0 Å². The molecule has 116 valence electrons. The summed E-state index contributed by atoms with van der Waals surface area (Å²) in [6.45, 7) is 3.16. The van der Waals surface area contributed by atoms with Gasteiger partial charge in [0.25, 0.3) is 0 Å². The van der Waals surface area contributed by atoms with Crippen molar-refractivity contribution in [2.45, 2.75) is 44.7 Å². The molecule has 0 aromatic heterocycles. The molecule has 7 nitrogen and oxygen atoms in total. The highest BCUT2D eigenvalue weighted by Gasteiger charge is 2.89. The summed E-state index contributed by atoms with van der Waals surface area (Å²) in [7, 11) is 0. The summed E-state index contributed by atoms with van der Waals surface area (Å²) in [4.78, 5) is 35.4. The van der Waals surface area contributed by atoms with Crippen LogP contribution < -0.4 is 11.1 Å². The van der Waals surface area contributed by atoms with Crippen molar-refractivity contribution >= 4 is 17.8 Å². The molecule has 3 aliphatic carbocycles.